The van der Waals surface area contributed by atoms with Crippen molar-refractivity contribution in [3.63, 3.8) is 0 Å². The van der Waals surface area contributed by atoms with Gasteiger partial charge in [0.05, 0.1) is 5.56 Å². The highest BCUT2D eigenvalue weighted by Crippen LogP contribution is 2.39. The van der Waals surface area contributed by atoms with E-state index in [1.165, 1.54) is 13.0 Å². The van der Waals surface area contributed by atoms with Crippen molar-refractivity contribution in [2.75, 3.05) is 0 Å². The van der Waals surface area contributed by atoms with Gasteiger partial charge in [-0.15, -0.1) is 0 Å². The van der Waals surface area contributed by atoms with E-state index in [4.69, 9.17) is 0 Å². The largest absolute Gasteiger partial charge is 0.507 e. The standard InChI is InChI=1S/C16H15F3O.3C2H6.H2/c1-7-5-11(17)13(10(4)9(7)3)14-12(20)6-8(2)15(18)16(14)19;3*1-2;/h5-6,20H,1-4H3;3*1-2H3;1H. The summed E-state index contributed by atoms with van der Waals surface area (Å²) in [5, 5.41) is 9.89. The van der Waals surface area contributed by atoms with Gasteiger partial charge < -0.3 is 5.11 Å². The Morgan fingerprint density at radius 1 is 0.654 bits per heavy atom. The van der Waals surface area contributed by atoms with Crippen LogP contribution in [0, 0.1) is 45.1 Å². The van der Waals surface area contributed by atoms with Crippen LogP contribution in [0.25, 0.3) is 11.1 Å². The smallest absolute Gasteiger partial charge is 0.170 e. The van der Waals surface area contributed by atoms with Crippen LogP contribution in [-0.4, -0.2) is 5.11 Å². The van der Waals surface area contributed by atoms with Crippen molar-refractivity contribution in [2.24, 2.45) is 0 Å². The Balaban J connectivity index is -0.000000749. The molecule has 2 rings (SSSR count). The van der Waals surface area contributed by atoms with Crippen LogP contribution in [0.15, 0.2) is 12.1 Å². The highest BCUT2D eigenvalue weighted by atomic mass is 19.2. The van der Waals surface area contributed by atoms with E-state index in [0.717, 1.165) is 17.2 Å². The minimum absolute atomic E-state index is 0. The summed E-state index contributed by atoms with van der Waals surface area (Å²) in [4.78, 5) is 0. The molecule has 0 unspecified atom stereocenters. The number of benzene rings is 2. The normalized spacial score (nSPS) is 9.12. The molecule has 0 fully saturated rings. The summed E-state index contributed by atoms with van der Waals surface area (Å²) >= 11 is 0. The number of rotatable bonds is 1. The molecule has 1 N–H and O–H groups in total. The Morgan fingerprint density at radius 2 is 1.12 bits per heavy atom. The SMILES string of the molecule is CC.CC.CC.Cc1cc(F)c(-c2c(O)cc(C)c(F)c2F)c(C)c1C.[HH]. The van der Waals surface area contributed by atoms with Crippen LogP contribution in [0.5, 0.6) is 5.75 Å². The molecule has 2 aromatic carbocycles. The number of aromatic hydroxyl groups is 1. The number of halogens is 3. The predicted molar refractivity (Wildman–Crippen MR) is 109 cm³/mol. The van der Waals surface area contributed by atoms with E-state index in [-0.39, 0.29) is 12.6 Å². The van der Waals surface area contributed by atoms with Gasteiger partial charge in [-0.05, 0) is 62.1 Å². The fourth-order valence-electron chi connectivity index (χ4n) is 2.31. The van der Waals surface area contributed by atoms with Gasteiger partial charge in [-0.25, -0.2) is 13.2 Å². The van der Waals surface area contributed by atoms with E-state index in [1.54, 1.807) is 20.8 Å². The van der Waals surface area contributed by atoms with Crippen molar-refractivity contribution >= 4 is 0 Å². The van der Waals surface area contributed by atoms with Crippen molar-refractivity contribution in [1.29, 1.82) is 0 Å². The third kappa shape index (κ3) is 5.52. The lowest BCUT2D eigenvalue weighted by Crippen LogP contribution is -2.01. The topological polar surface area (TPSA) is 20.2 Å². The van der Waals surface area contributed by atoms with E-state index >= 15 is 0 Å². The molecule has 0 aliphatic rings. The summed E-state index contributed by atoms with van der Waals surface area (Å²) in [5.74, 6) is -3.45. The third-order valence-corrected chi connectivity index (χ3v) is 3.73. The molecule has 1 nitrogen and oxygen atoms in total. The first kappa shape index (κ1) is 26.3. The number of phenolic OH excluding ortho intramolecular Hbond substituents is 1. The second-order valence-electron chi connectivity index (χ2n) is 5.02. The van der Waals surface area contributed by atoms with Crippen LogP contribution >= 0.6 is 0 Å². The monoisotopic (exact) mass is 372 g/mol. The first-order valence-electron chi connectivity index (χ1n) is 9.20. The molecule has 0 aromatic heterocycles. The van der Waals surface area contributed by atoms with E-state index in [2.05, 4.69) is 0 Å². The lowest BCUT2D eigenvalue weighted by molar-refractivity contribution is 0.455. The number of aryl methyl sites for hydroxylation is 2. The summed E-state index contributed by atoms with van der Waals surface area (Å²) in [6, 6.07) is 2.36. The predicted octanol–water partition coefficient (Wildman–Crippen LogP) is 8.03. The zero-order valence-electron chi connectivity index (χ0n) is 17.7. The van der Waals surface area contributed by atoms with E-state index in [9.17, 15) is 18.3 Å². The summed E-state index contributed by atoms with van der Waals surface area (Å²) in [7, 11) is 0. The zero-order chi connectivity index (χ0) is 21.2. The average molecular weight is 373 g/mol. The zero-order valence-corrected chi connectivity index (χ0v) is 17.7. The molecule has 0 heterocycles. The first-order valence-corrected chi connectivity index (χ1v) is 9.20. The maximum atomic E-state index is 14.2. The molecule has 0 aliphatic heterocycles. The molecule has 0 bridgehead atoms. The maximum absolute atomic E-state index is 14.2. The lowest BCUT2D eigenvalue weighted by atomic mass is 9.92. The number of hydrogen-bond acceptors (Lipinski definition) is 1. The summed E-state index contributed by atoms with van der Waals surface area (Å²) in [5.41, 5.74) is 1.44. The quantitative estimate of drug-likeness (QED) is 0.537. The Bertz CT molecular complexity index is 652. The highest BCUT2D eigenvalue weighted by Gasteiger charge is 2.23. The molecule has 0 atom stereocenters. The summed E-state index contributed by atoms with van der Waals surface area (Å²) in [6.07, 6.45) is 0. The molecule has 26 heavy (non-hydrogen) atoms. The first-order chi connectivity index (χ1) is 12.3. The molecule has 0 radical (unpaired) electrons. The van der Waals surface area contributed by atoms with E-state index in [1.807, 2.05) is 41.5 Å². The van der Waals surface area contributed by atoms with Crippen molar-refractivity contribution in [3.8, 4) is 16.9 Å². The van der Waals surface area contributed by atoms with Crippen LogP contribution in [0.4, 0.5) is 13.2 Å². The number of phenols is 1. The van der Waals surface area contributed by atoms with Crippen molar-refractivity contribution in [1.82, 2.24) is 0 Å². The second-order valence-corrected chi connectivity index (χ2v) is 5.02. The number of hydrogen-bond donors (Lipinski definition) is 1. The Kier molecular flexibility index (Phi) is 12.5. The molecular weight excluding hydrogens is 337 g/mol. The van der Waals surface area contributed by atoms with Crippen molar-refractivity contribution < 1.29 is 19.7 Å². The minimum Gasteiger partial charge on any atom is -0.507 e. The van der Waals surface area contributed by atoms with Gasteiger partial charge in [-0.2, -0.15) is 0 Å². The fourth-order valence-corrected chi connectivity index (χ4v) is 2.31. The van der Waals surface area contributed by atoms with Gasteiger partial charge in [0, 0.05) is 6.99 Å². The van der Waals surface area contributed by atoms with Gasteiger partial charge in [0.25, 0.3) is 0 Å². The molecule has 150 valence electrons. The van der Waals surface area contributed by atoms with Crippen LogP contribution in [0.1, 0.15) is 65.2 Å². The summed E-state index contributed by atoms with van der Waals surface area (Å²) < 4.78 is 42.0. The van der Waals surface area contributed by atoms with Crippen molar-refractivity contribution in [2.45, 2.75) is 69.2 Å². The molecule has 0 saturated heterocycles. The molecule has 2 aromatic rings. The Morgan fingerprint density at radius 3 is 1.58 bits per heavy atom. The molecule has 0 spiro atoms. The van der Waals surface area contributed by atoms with Gasteiger partial charge in [-0.1, -0.05) is 41.5 Å². The maximum Gasteiger partial charge on any atom is 0.170 e. The third-order valence-electron chi connectivity index (χ3n) is 3.73. The van der Waals surface area contributed by atoms with Crippen LogP contribution in [0.2, 0.25) is 0 Å². The fraction of sp³-hybridized carbons (Fsp3) is 0.455. The average Bonchev–Trinajstić information content (AvgIpc) is 2.65. The highest BCUT2D eigenvalue weighted by molar-refractivity contribution is 5.76. The van der Waals surface area contributed by atoms with E-state index < -0.39 is 28.8 Å². The van der Waals surface area contributed by atoms with Gasteiger partial charge in [0.2, 0.25) is 0 Å². The van der Waals surface area contributed by atoms with E-state index in [0.29, 0.717) is 5.56 Å². The Hall–Kier alpha value is -1.97. The van der Waals surface area contributed by atoms with Gasteiger partial charge in [0.1, 0.15) is 11.6 Å². The van der Waals surface area contributed by atoms with Gasteiger partial charge >= 0.3 is 0 Å². The molecule has 0 amide bonds. The molecule has 0 aliphatic carbocycles. The Labute approximate surface area is 158 Å². The van der Waals surface area contributed by atoms with Gasteiger partial charge in [-0.3, -0.25) is 0 Å². The van der Waals surface area contributed by atoms with Crippen LogP contribution in [0.3, 0.4) is 0 Å². The molecular formula is C22H35F3O. The van der Waals surface area contributed by atoms with Crippen molar-refractivity contribution in [3.05, 3.63) is 51.8 Å². The van der Waals surface area contributed by atoms with Gasteiger partial charge in [0.15, 0.2) is 11.6 Å². The molecule has 0 saturated carbocycles. The lowest BCUT2D eigenvalue weighted by Gasteiger charge is -2.16. The van der Waals surface area contributed by atoms with Crippen LogP contribution in [-0.2, 0) is 0 Å². The van der Waals surface area contributed by atoms with Crippen LogP contribution < -0.4 is 0 Å². The minimum atomic E-state index is -1.23. The summed E-state index contributed by atoms with van der Waals surface area (Å²) in [6.45, 7) is 18.5. The second kappa shape index (κ2) is 12.4. The molecule has 4 heteroatoms.